The van der Waals surface area contributed by atoms with E-state index in [0.717, 1.165) is 58.8 Å². The zero-order valence-electron chi connectivity index (χ0n) is 15.9. The lowest BCUT2D eigenvalue weighted by Crippen LogP contribution is -2.44. The first kappa shape index (κ1) is 21.7. The number of nitrogens with one attached hydrogen (secondary N) is 1. The summed E-state index contributed by atoms with van der Waals surface area (Å²) in [4.78, 5) is 28.1. The number of hydrogen-bond acceptors (Lipinski definition) is 5. The number of hydrogen-bond donors (Lipinski definition) is 1. The largest absolute Gasteiger partial charge is 0.450 e. The SMILES string of the molecule is CCCCCCN(CCN1CCOCC1)C(=O)CCNC(=O)OCC. The summed E-state index contributed by atoms with van der Waals surface area (Å²) in [6, 6.07) is 0. The van der Waals surface area contributed by atoms with E-state index in [4.69, 9.17) is 9.47 Å². The number of carbonyl (C=O) groups excluding carboxylic acids is 2. The maximum Gasteiger partial charge on any atom is 0.407 e. The Labute approximate surface area is 152 Å². The van der Waals surface area contributed by atoms with E-state index >= 15 is 0 Å². The van der Waals surface area contributed by atoms with Crippen LogP contribution in [0, 0.1) is 0 Å². The molecule has 0 aliphatic carbocycles. The van der Waals surface area contributed by atoms with Crippen molar-refractivity contribution >= 4 is 12.0 Å². The van der Waals surface area contributed by atoms with Crippen LogP contribution in [0.5, 0.6) is 0 Å². The van der Waals surface area contributed by atoms with Crippen molar-refractivity contribution in [2.45, 2.75) is 46.0 Å². The fourth-order valence-electron chi connectivity index (χ4n) is 2.79. The van der Waals surface area contributed by atoms with Gasteiger partial charge in [-0.2, -0.15) is 0 Å². The van der Waals surface area contributed by atoms with Crippen molar-refractivity contribution in [3.05, 3.63) is 0 Å². The molecule has 1 saturated heterocycles. The zero-order valence-corrected chi connectivity index (χ0v) is 15.9. The third-order valence-corrected chi connectivity index (χ3v) is 4.31. The molecule has 0 unspecified atom stereocenters. The van der Waals surface area contributed by atoms with Crippen molar-refractivity contribution in [2.24, 2.45) is 0 Å². The summed E-state index contributed by atoms with van der Waals surface area (Å²) in [5, 5.41) is 2.62. The molecule has 25 heavy (non-hydrogen) atoms. The van der Waals surface area contributed by atoms with Crippen molar-refractivity contribution < 1.29 is 19.1 Å². The monoisotopic (exact) mass is 357 g/mol. The number of rotatable bonds is 12. The van der Waals surface area contributed by atoms with Gasteiger partial charge in [0.05, 0.1) is 19.8 Å². The number of unbranched alkanes of at least 4 members (excludes halogenated alkanes) is 3. The molecule has 1 heterocycles. The molecule has 1 rings (SSSR count). The lowest BCUT2D eigenvalue weighted by molar-refractivity contribution is -0.131. The third-order valence-electron chi connectivity index (χ3n) is 4.31. The summed E-state index contributed by atoms with van der Waals surface area (Å²) in [7, 11) is 0. The van der Waals surface area contributed by atoms with Crippen molar-refractivity contribution in [2.75, 3.05) is 59.1 Å². The van der Waals surface area contributed by atoms with Crippen LogP contribution >= 0.6 is 0 Å². The Hall–Kier alpha value is -1.34. The Kier molecular flexibility index (Phi) is 12.1. The van der Waals surface area contributed by atoms with Gasteiger partial charge < -0.3 is 19.7 Å². The predicted octanol–water partition coefficient (Wildman–Crippen LogP) is 1.86. The molecule has 0 bridgehead atoms. The summed E-state index contributed by atoms with van der Waals surface area (Å²) in [5.74, 6) is 0.0987. The highest BCUT2D eigenvalue weighted by atomic mass is 16.5. The summed E-state index contributed by atoms with van der Waals surface area (Å²) in [6.07, 6.45) is 4.43. The molecule has 146 valence electrons. The van der Waals surface area contributed by atoms with Crippen LogP contribution in [0.1, 0.15) is 46.0 Å². The first-order chi connectivity index (χ1) is 12.2. The van der Waals surface area contributed by atoms with E-state index in [1.165, 1.54) is 12.8 Å². The lowest BCUT2D eigenvalue weighted by Gasteiger charge is -2.30. The Morgan fingerprint density at radius 2 is 1.88 bits per heavy atom. The number of amides is 2. The molecule has 0 atom stereocenters. The molecule has 1 fully saturated rings. The van der Waals surface area contributed by atoms with Gasteiger partial charge in [0, 0.05) is 45.7 Å². The van der Waals surface area contributed by atoms with E-state index in [0.29, 0.717) is 19.6 Å². The van der Waals surface area contributed by atoms with Crippen molar-refractivity contribution in [3.63, 3.8) is 0 Å². The summed E-state index contributed by atoms with van der Waals surface area (Å²) < 4.78 is 10.2. The highest BCUT2D eigenvalue weighted by Crippen LogP contribution is 2.05. The topological polar surface area (TPSA) is 71.1 Å². The number of carbonyl (C=O) groups is 2. The molecule has 7 nitrogen and oxygen atoms in total. The van der Waals surface area contributed by atoms with Gasteiger partial charge in [-0.15, -0.1) is 0 Å². The number of ether oxygens (including phenoxy) is 2. The summed E-state index contributed by atoms with van der Waals surface area (Å²) in [6.45, 7) is 10.4. The minimum absolute atomic E-state index is 0.0987. The lowest BCUT2D eigenvalue weighted by atomic mass is 10.2. The standard InChI is InChI=1S/C18H35N3O4/c1-3-5-6-7-10-21(12-11-20-13-15-24-16-14-20)17(22)8-9-19-18(23)25-4-2/h3-16H2,1-2H3,(H,19,23). The molecular formula is C18H35N3O4. The minimum Gasteiger partial charge on any atom is -0.450 e. The van der Waals surface area contributed by atoms with Crippen molar-refractivity contribution in [1.82, 2.24) is 15.1 Å². The molecule has 1 aliphatic heterocycles. The minimum atomic E-state index is -0.460. The average Bonchev–Trinajstić information content (AvgIpc) is 2.62. The van der Waals surface area contributed by atoms with Crippen molar-refractivity contribution in [3.8, 4) is 0 Å². The molecule has 1 N–H and O–H groups in total. The van der Waals surface area contributed by atoms with Gasteiger partial charge in [-0.05, 0) is 13.3 Å². The second kappa shape index (κ2) is 13.9. The van der Waals surface area contributed by atoms with Gasteiger partial charge in [0.15, 0.2) is 0 Å². The molecule has 2 amide bonds. The molecule has 0 saturated carbocycles. The maximum atomic E-state index is 12.5. The van der Waals surface area contributed by atoms with Crippen molar-refractivity contribution in [1.29, 1.82) is 0 Å². The van der Waals surface area contributed by atoms with Crippen LogP contribution in [0.25, 0.3) is 0 Å². The average molecular weight is 357 g/mol. The molecule has 0 spiro atoms. The third kappa shape index (κ3) is 10.3. The number of alkyl carbamates (subject to hydrolysis) is 1. The van der Waals surface area contributed by atoms with E-state index in [1.807, 2.05) is 4.90 Å². The molecular weight excluding hydrogens is 322 g/mol. The van der Waals surface area contributed by atoms with E-state index in [9.17, 15) is 9.59 Å². The van der Waals surface area contributed by atoms with Gasteiger partial charge >= 0.3 is 6.09 Å². The predicted molar refractivity (Wildman–Crippen MR) is 97.6 cm³/mol. The number of nitrogens with zero attached hydrogens (tertiary/aromatic N) is 2. The van der Waals surface area contributed by atoms with Gasteiger partial charge in [0.2, 0.25) is 5.91 Å². The Bertz CT molecular complexity index is 373. The normalized spacial score (nSPS) is 15.0. The van der Waals surface area contributed by atoms with Gasteiger partial charge in [0.1, 0.15) is 0 Å². The van der Waals surface area contributed by atoms with Crippen LogP contribution in [0.4, 0.5) is 4.79 Å². The summed E-state index contributed by atoms with van der Waals surface area (Å²) in [5.41, 5.74) is 0. The first-order valence-electron chi connectivity index (χ1n) is 9.65. The summed E-state index contributed by atoms with van der Waals surface area (Å²) >= 11 is 0. The fraction of sp³-hybridized carbons (Fsp3) is 0.889. The van der Waals surface area contributed by atoms with Gasteiger partial charge in [-0.3, -0.25) is 9.69 Å². The molecule has 7 heteroatoms. The second-order valence-corrected chi connectivity index (χ2v) is 6.29. The van der Waals surface area contributed by atoms with Crippen LogP contribution in [0.2, 0.25) is 0 Å². The van der Waals surface area contributed by atoms with E-state index < -0.39 is 6.09 Å². The number of morpholine rings is 1. The highest BCUT2D eigenvalue weighted by Gasteiger charge is 2.16. The fourth-order valence-corrected chi connectivity index (χ4v) is 2.79. The van der Waals surface area contributed by atoms with E-state index in [-0.39, 0.29) is 5.91 Å². The van der Waals surface area contributed by atoms with Gasteiger partial charge in [-0.1, -0.05) is 26.2 Å². The smallest absolute Gasteiger partial charge is 0.407 e. The molecule has 0 radical (unpaired) electrons. The van der Waals surface area contributed by atoms with Crippen LogP contribution < -0.4 is 5.32 Å². The quantitative estimate of drug-likeness (QED) is 0.540. The van der Waals surface area contributed by atoms with Crippen LogP contribution in [-0.2, 0) is 14.3 Å². The van der Waals surface area contributed by atoms with Gasteiger partial charge in [0.25, 0.3) is 0 Å². The Morgan fingerprint density at radius 3 is 2.56 bits per heavy atom. The molecule has 1 aliphatic rings. The molecule has 0 aromatic rings. The van der Waals surface area contributed by atoms with Gasteiger partial charge in [-0.25, -0.2) is 4.79 Å². The van der Waals surface area contributed by atoms with E-state index in [1.54, 1.807) is 6.92 Å². The maximum absolute atomic E-state index is 12.5. The van der Waals surface area contributed by atoms with E-state index in [2.05, 4.69) is 17.1 Å². The van der Waals surface area contributed by atoms with Crippen LogP contribution in [0.15, 0.2) is 0 Å². The Morgan fingerprint density at radius 1 is 1.12 bits per heavy atom. The Balaban J connectivity index is 2.35. The molecule has 0 aromatic heterocycles. The first-order valence-corrected chi connectivity index (χ1v) is 9.65. The van der Waals surface area contributed by atoms with Crippen LogP contribution in [0.3, 0.4) is 0 Å². The second-order valence-electron chi connectivity index (χ2n) is 6.29. The highest BCUT2D eigenvalue weighted by molar-refractivity contribution is 5.77. The van der Waals surface area contributed by atoms with Crippen LogP contribution in [-0.4, -0.2) is 80.9 Å². The molecule has 0 aromatic carbocycles. The zero-order chi connectivity index (χ0) is 18.3.